The Morgan fingerprint density at radius 2 is 2.15 bits per heavy atom. The van der Waals surface area contributed by atoms with E-state index in [1.807, 2.05) is 6.08 Å². The zero-order valence-corrected chi connectivity index (χ0v) is 8.50. The molecule has 1 N–H and O–H groups in total. The summed E-state index contributed by atoms with van der Waals surface area (Å²) >= 11 is 0. The molecular weight excluding hydrogens is 160 g/mol. The van der Waals surface area contributed by atoms with E-state index in [0.29, 0.717) is 5.92 Å². The van der Waals surface area contributed by atoms with Gasteiger partial charge in [-0.2, -0.15) is 0 Å². The molecule has 0 aromatic heterocycles. The molecule has 0 aromatic rings. The van der Waals surface area contributed by atoms with Crippen LogP contribution in [0.5, 0.6) is 0 Å². The highest BCUT2D eigenvalue weighted by Crippen LogP contribution is 2.27. The SMILES string of the molecule is C=C/C(C)=C\CC1CCCCC1O. The number of aliphatic hydroxyl groups is 1. The second-order valence-electron chi connectivity index (χ2n) is 4.00. The van der Waals surface area contributed by atoms with E-state index in [9.17, 15) is 5.11 Å². The fraction of sp³-hybridized carbons (Fsp3) is 0.667. The molecule has 13 heavy (non-hydrogen) atoms. The van der Waals surface area contributed by atoms with Gasteiger partial charge in [-0.3, -0.25) is 0 Å². The molecule has 0 amide bonds. The Hall–Kier alpha value is -0.560. The molecule has 1 saturated carbocycles. The van der Waals surface area contributed by atoms with Crippen LogP contribution in [0.3, 0.4) is 0 Å². The van der Waals surface area contributed by atoms with Gasteiger partial charge < -0.3 is 5.11 Å². The second-order valence-corrected chi connectivity index (χ2v) is 4.00. The second kappa shape index (κ2) is 5.23. The van der Waals surface area contributed by atoms with Gasteiger partial charge in [0.05, 0.1) is 6.10 Å². The van der Waals surface area contributed by atoms with E-state index in [2.05, 4.69) is 19.6 Å². The van der Waals surface area contributed by atoms with Crippen molar-refractivity contribution in [1.82, 2.24) is 0 Å². The highest BCUT2D eigenvalue weighted by atomic mass is 16.3. The van der Waals surface area contributed by atoms with Gasteiger partial charge in [-0.15, -0.1) is 0 Å². The van der Waals surface area contributed by atoms with Gasteiger partial charge in [0, 0.05) is 0 Å². The van der Waals surface area contributed by atoms with Gasteiger partial charge in [-0.05, 0) is 32.1 Å². The number of aliphatic hydroxyl groups excluding tert-OH is 1. The molecule has 0 saturated heterocycles. The molecular formula is C12H20O. The van der Waals surface area contributed by atoms with Crippen LogP contribution in [0.25, 0.3) is 0 Å². The molecule has 1 fully saturated rings. The Balaban J connectivity index is 2.38. The maximum absolute atomic E-state index is 9.70. The molecule has 0 aromatic carbocycles. The minimum atomic E-state index is -0.0670. The lowest BCUT2D eigenvalue weighted by molar-refractivity contribution is 0.0713. The van der Waals surface area contributed by atoms with Crippen LogP contribution in [0.2, 0.25) is 0 Å². The Morgan fingerprint density at radius 1 is 1.46 bits per heavy atom. The van der Waals surface area contributed by atoms with Crippen LogP contribution in [0.4, 0.5) is 0 Å². The molecule has 0 aliphatic heterocycles. The minimum absolute atomic E-state index is 0.0670. The third-order valence-electron chi connectivity index (χ3n) is 2.93. The smallest absolute Gasteiger partial charge is 0.0571 e. The van der Waals surface area contributed by atoms with Crippen LogP contribution in [0.1, 0.15) is 39.0 Å². The van der Waals surface area contributed by atoms with E-state index < -0.39 is 0 Å². The molecule has 1 heteroatoms. The first kappa shape index (κ1) is 10.5. The molecule has 0 heterocycles. The van der Waals surface area contributed by atoms with Crippen molar-refractivity contribution in [2.24, 2.45) is 5.92 Å². The quantitative estimate of drug-likeness (QED) is 0.662. The zero-order chi connectivity index (χ0) is 9.68. The molecule has 0 spiro atoms. The average Bonchev–Trinajstić information content (AvgIpc) is 2.16. The summed E-state index contributed by atoms with van der Waals surface area (Å²) in [6.07, 6.45) is 9.65. The Bertz CT molecular complexity index is 193. The van der Waals surface area contributed by atoms with Gasteiger partial charge in [-0.25, -0.2) is 0 Å². The van der Waals surface area contributed by atoms with Crippen LogP contribution in [-0.2, 0) is 0 Å². The number of hydrogen-bond donors (Lipinski definition) is 1. The van der Waals surface area contributed by atoms with Gasteiger partial charge in [0.25, 0.3) is 0 Å². The van der Waals surface area contributed by atoms with Crippen molar-refractivity contribution < 1.29 is 5.11 Å². The van der Waals surface area contributed by atoms with Crippen molar-refractivity contribution in [3.8, 4) is 0 Å². The lowest BCUT2D eigenvalue weighted by atomic mass is 9.84. The maximum atomic E-state index is 9.70. The van der Waals surface area contributed by atoms with Crippen LogP contribution >= 0.6 is 0 Å². The minimum Gasteiger partial charge on any atom is -0.393 e. The normalized spacial score (nSPS) is 30.2. The average molecular weight is 180 g/mol. The predicted molar refractivity (Wildman–Crippen MR) is 56.5 cm³/mol. The monoisotopic (exact) mass is 180 g/mol. The molecule has 0 bridgehead atoms. The summed E-state index contributed by atoms with van der Waals surface area (Å²) in [6.45, 7) is 5.77. The van der Waals surface area contributed by atoms with Crippen LogP contribution in [0.15, 0.2) is 24.3 Å². The van der Waals surface area contributed by atoms with Crippen LogP contribution in [-0.4, -0.2) is 11.2 Å². The maximum Gasteiger partial charge on any atom is 0.0571 e. The first-order valence-electron chi connectivity index (χ1n) is 5.21. The summed E-state index contributed by atoms with van der Waals surface area (Å²) in [7, 11) is 0. The molecule has 74 valence electrons. The first-order valence-corrected chi connectivity index (χ1v) is 5.21. The fourth-order valence-electron chi connectivity index (χ4n) is 1.88. The third kappa shape index (κ3) is 3.35. The summed E-state index contributed by atoms with van der Waals surface area (Å²) in [5, 5.41) is 9.70. The van der Waals surface area contributed by atoms with Gasteiger partial charge in [0.15, 0.2) is 0 Å². The van der Waals surface area contributed by atoms with Crippen molar-refractivity contribution in [3.63, 3.8) is 0 Å². The Labute approximate surface area is 81.2 Å². The summed E-state index contributed by atoms with van der Waals surface area (Å²) < 4.78 is 0. The number of rotatable bonds is 3. The van der Waals surface area contributed by atoms with E-state index in [0.717, 1.165) is 12.8 Å². The van der Waals surface area contributed by atoms with E-state index in [1.165, 1.54) is 24.8 Å². The molecule has 1 aliphatic rings. The van der Waals surface area contributed by atoms with Crippen molar-refractivity contribution in [1.29, 1.82) is 0 Å². The van der Waals surface area contributed by atoms with E-state index in [1.54, 1.807) is 0 Å². The van der Waals surface area contributed by atoms with Crippen LogP contribution < -0.4 is 0 Å². The molecule has 2 unspecified atom stereocenters. The van der Waals surface area contributed by atoms with E-state index in [4.69, 9.17) is 0 Å². The van der Waals surface area contributed by atoms with E-state index in [-0.39, 0.29) is 6.10 Å². The van der Waals surface area contributed by atoms with Crippen molar-refractivity contribution in [2.75, 3.05) is 0 Å². The standard InChI is InChI=1S/C12H20O/c1-3-10(2)8-9-11-6-4-5-7-12(11)13/h3,8,11-13H,1,4-7,9H2,2H3/b10-8-. The number of hydrogen-bond acceptors (Lipinski definition) is 1. The van der Waals surface area contributed by atoms with E-state index >= 15 is 0 Å². The number of allylic oxidation sites excluding steroid dienone is 3. The Kier molecular flexibility index (Phi) is 4.23. The molecule has 2 atom stereocenters. The van der Waals surface area contributed by atoms with Gasteiger partial charge in [0.2, 0.25) is 0 Å². The summed E-state index contributed by atoms with van der Waals surface area (Å²) in [4.78, 5) is 0. The third-order valence-corrected chi connectivity index (χ3v) is 2.93. The topological polar surface area (TPSA) is 20.2 Å². The zero-order valence-electron chi connectivity index (χ0n) is 8.50. The highest BCUT2D eigenvalue weighted by Gasteiger charge is 2.21. The van der Waals surface area contributed by atoms with Gasteiger partial charge in [0.1, 0.15) is 0 Å². The summed E-state index contributed by atoms with van der Waals surface area (Å²) in [5.74, 6) is 0.489. The molecule has 1 nitrogen and oxygen atoms in total. The molecule has 0 radical (unpaired) electrons. The van der Waals surface area contributed by atoms with Crippen molar-refractivity contribution >= 4 is 0 Å². The van der Waals surface area contributed by atoms with Crippen molar-refractivity contribution in [3.05, 3.63) is 24.3 Å². The lowest BCUT2D eigenvalue weighted by Crippen LogP contribution is -2.23. The fourth-order valence-corrected chi connectivity index (χ4v) is 1.88. The lowest BCUT2D eigenvalue weighted by Gasteiger charge is -2.26. The molecule has 1 aliphatic carbocycles. The summed E-state index contributed by atoms with van der Waals surface area (Å²) in [5.41, 5.74) is 1.22. The molecule has 1 rings (SSSR count). The highest BCUT2D eigenvalue weighted by molar-refractivity contribution is 5.12. The van der Waals surface area contributed by atoms with Crippen molar-refractivity contribution in [2.45, 2.75) is 45.1 Å². The predicted octanol–water partition coefficient (Wildman–Crippen LogP) is 3.06. The van der Waals surface area contributed by atoms with Gasteiger partial charge in [-0.1, -0.05) is 37.1 Å². The first-order chi connectivity index (χ1) is 6.24. The van der Waals surface area contributed by atoms with Gasteiger partial charge >= 0.3 is 0 Å². The Morgan fingerprint density at radius 3 is 2.77 bits per heavy atom. The largest absolute Gasteiger partial charge is 0.393 e. The van der Waals surface area contributed by atoms with Crippen LogP contribution in [0, 0.1) is 5.92 Å². The summed E-state index contributed by atoms with van der Waals surface area (Å²) in [6, 6.07) is 0.